The average molecular weight is 349 g/mol. The molecule has 6 nitrogen and oxygen atoms in total. The summed E-state index contributed by atoms with van der Waals surface area (Å²) < 4.78 is 35.7. The van der Waals surface area contributed by atoms with Crippen molar-refractivity contribution in [2.45, 2.75) is 12.5 Å². The van der Waals surface area contributed by atoms with E-state index in [1.807, 2.05) is 0 Å². The van der Waals surface area contributed by atoms with E-state index in [2.05, 4.69) is 15.6 Å². The molecule has 1 fully saturated rings. The Labute approximate surface area is 139 Å². The number of pyridine rings is 1. The zero-order chi connectivity index (χ0) is 17.2. The first kappa shape index (κ1) is 16.4. The van der Waals surface area contributed by atoms with Crippen LogP contribution in [0.3, 0.4) is 0 Å². The van der Waals surface area contributed by atoms with Crippen LogP contribution in [0.25, 0.3) is 0 Å². The summed E-state index contributed by atoms with van der Waals surface area (Å²) in [7, 11) is -2.95. The van der Waals surface area contributed by atoms with Gasteiger partial charge in [0.05, 0.1) is 23.4 Å². The number of benzene rings is 1. The summed E-state index contributed by atoms with van der Waals surface area (Å²) in [6, 6.07) is 8.43. The van der Waals surface area contributed by atoms with Crippen molar-refractivity contribution in [3.8, 4) is 0 Å². The molecule has 0 saturated carbocycles. The van der Waals surface area contributed by atoms with Crippen molar-refractivity contribution in [1.29, 1.82) is 0 Å². The number of halogens is 1. The van der Waals surface area contributed by atoms with Crippen molar-refractivity contribution in [2.24, 2.45) is 0 Å². The molecule has 3 rings (SSSR count). The van der Waals surface area contributed by atoms with Gasteiger partial charge in [0.15, 0.2) is 9.84 Å². The van der Waals surface area contributed by atoms with Gasteiger partial charge in [-0.05, 0) is 42.8 Å². The highest BCUT2D eigenvalue weighted by Gasteiger charge is 2.27. The van der Waals surface area contributed by atoms with E-state index in [4.69, 9.17) is 0 Å². The highest BCUT2D eigenvalue weighted by atomic mass is 32.2. The Balaban J connectivity index is 1.60. The number of sulfone groups is 1. The van der Waals surface area contributed by atoms with Crippen LogP contribution in [0.4, 0.5) is 15.9 Å². The number of aromatic nitrogens is 1. The lowest BCUT2D eigenvalue weighted by Gasteiger charge is -2.12. The van der Waals surface area contributed by atoms with Crippen molar-refractivity contribution in [3.05, 3.63) is 54.0 Å². The van der Waals surface area contributed by atoms with E-state index >= 15 is 0 Å². The Bertz CT molecular complexity index is 836. The number of carbonyl (C=O) groups excluding carboxylic acids is 1. The Hall–Kier alpha value is -2.48. The van der Waals surface area contributed by atoms with Gasteiger partial charge in [0.1, 0.15) is 11.6 Å². The molecule has 1 aromatic heterocycles. The van der Waals surface area contributed by atoms with Crippen LogP contribution in [0.1, 0.15) is 16.8 Å². The zero-order valence-corrected chi connectivity index (χ0v) is 13.5. The van der Waals surface area contributed by atoms with Gasteiger partial charge in [0, 0.05) is 11.6 Å². The molecular weight excluding hydrogens is 333 g/mol. The van der Waals surface area contributed by atoms with Gasteiger partial charge in [-0.15, -0.1) is 0 Å². The minimum Gasteiger partial charge on any atom is -0.366 e. The van der Waals surface area contributed by atoms with Gasteiger partial charge in [-0.3, -0.25) is 4.79 Å². The van der Waals surface area contributed by atoms with Crippen LogP contribution in [0.15, 0.2) is 42.6 Å². The molecule has 2 N–H and O–H groups in total. The number of rotatable bonds is 4. The Morgan fingerprint density at radius 2 is 1.92 bits per heavy atom. The maximum absolute atomic E-state index is 12.9. The van der Waals surface area contributed by atoms with Gasteiger partial charge in [-0.2, -0.15) is 0 Å². The third kappa shape index (κ3) is 4.08. The van der Waals surface area contributed by atoms with Crippen LogP contribution < -0.4 is 10.6 Å². The standard InChI is InChI=1S/C16H16FN3O3S/c17-12-3-1-11(2-4-12)16(21)20-13-5-6-15(18-9-13)19-14-7-8-24(22,23)10-14/h1-6,9,14H,7-8,10H2,(H,18,19)(H,20,21). The fraction of sp³-hybridized carbons (Fsp3) is 0.250. The third-order valence-corrected chi connectivity index (χ3v) is 5.48. The van der Waals surface area contributed by atoms with Gasteiger partial charge >= 0.3 is 0 Å². The molecule has 1 amide bonds. The first-order chi connectivity index (χ1) is 11.4. The predicted molar refractivity (Wildman–Crippen MR) is 89.3 cm³/mol. The number of amides is 1. The SMILES string of the molecule is O=C(Nc1ccc(NC2CCS(=O)(=O)C2)nc1)c1ccc(F)cc1. The second-order valence-electron chi connectivity index (χ2n) is 5.64. The molecule has 24 heavy (non-hydrogen) atoms. The number of hydrogen-bond donors (Lipinski definition) is 2. The molecular formula is C16H16FN3O3S. The van der Waals surface area contributed by atoms with E-state index in [1.54, 1.807) is 12.1 Å². The number of nitrogens with one attached hydrogen (secondary N) is 2. The smallest absolute Gasteiger partial charge is 0.255 e. The largest absolute Gasteiger partial charge is 0.366 e. The van der Waals surface area contributed by atoms with E-state index in [0.29, 0.717) is 23.5 Å². The van der Waals surface area contributed by atoms with Gasteiger partial charge in [0.25, 0.3) is 5.91 Å². The number of carbonyl (C=O) groups is 1. The predicted octanol–water partition coefficient (Wildman–Crippen LogP) is 2.07. The summed E-state index contributed by atoms with van der Waals surface area (Å²) >= 11 is 0. The van der Waals surface area contributed by atoms with Crippen LogP contribution in [0.2, 0.25) is 0 Å². The number of hydrogen-bond acceptors (Lipinski definition) is 5. The van der Waals surface area contributed by atoms with E-state index in [-0.39, 0.29) is 23.5 Å². The molecule has 0 aliphatic carbocycles. The fourth-order valence-corrected chi connectivity index (χ4v) is 4.15. The van der Waals surface area contributed by atoms with Crippen molar-refractivity contribution >= 4 is 27.2 Å². The van der Waals surface area contributed by atoms with E-state index in [9.17, 15) is 17.6 Å². The first-order valence-corrected chi connectivity index (χ1v) is 9.23. The summed E-state index contributed by atoms with van der Waals surface area (Å²) in [6.07, 6.45) is 2.04. The van der Waals surface area contributed by atoms with E-state index in [1.165, 1.54) is 30.5 Å². The summed E-state index contributed by atoms with van der Waals surface area (Å²) in [5, 5.41) is 5.73. The van der Waals surface area contributed by atoms with E-state index < -0.39 is 15.7 Å². The van der Waals surface area contributed by atoms with Crippen molar-refractivity contribution in [1.82, 2.24) is 4.98 Å². The van der Waals surface area contributed by atoms with Gasteiger partial charge < -0.3 is 10.6 Å². The minimum absolute atomic E-state index is 0.109. The molecule has 1 aliphatic heterocycles. The maximum atomic E-state index is 12.9. The highest BCUT2D eigenvalue weighted by molar-refractivity contribution is 7.91. The number of nitrogens with zero attached hydrogens (tertiary/aromatic N) is 1. The van der Waals surface area contributed by atoms with Gasteiger partial charge in [-0.1, -0.05) is 0 Å². The Morgan fingerprint density at radius 3 is 2.50 bits per heavy atom. The Morgan fingerprint density at radius 1 is 1.17 bits per heavy atom. The third-order valence-electron chi connectivity index (χ3n) is 3.71. The van der Waals surface area contributed by atoms with Crippen LogP contribution in [0.5, 0.6) is 0 Å². The molecule has 1 atom stereocenters. The minimum atomic E-state index is -2.95. The molecule has 1 aliphatic rings. The van der Waals surface area contributed by atoms with Crippen molar-refractivity contribution < 1.29 is 17.6 Å². The normalized spacial score (nSPS) is 19.0. The average Bonchev–Trinajstić information content (AvgIpc) is 2.88. The second kappa shape index (κ2) is 6.56. The summed E-state index contributed by atoms with van der Waals surface area (Å²) in [6.45, 7) is 0. The summed E-state index contributed by atoms with van der Waals surface area (Å²) in [5.74, 6) is 0.0858. The lowest BCUT2D eigenvalue weighted by molar-refractivity contribution is 0.102. The van der Waals surface area contributed by atoms with E-state index in [0.717, 1.165) is 0 Å². The molecule has 2 heterocycles. The molecule has 0 bridgehead atoms. The van der Waals surface area contributed by atoms with Crippen LogP contribution in [0, 0.1) is 5.82 Å². The number of anilines is 2. The maximum Gasteiger partial charge on any atom is 0.255 e. The van der Waals surface area contributed by atoms with Crippen LogP contribution in [-0.2, 0) is 9.84 Å². The highest BCUT2D eigenvalue weighted by Crippen LogP contribution is 2.17. The molecule has 2 aromatic rings. The van der Waals surface area contributed by atoms with Crippen molar-refractivity contribution in [2.75, 3.05) is 22.1 Å². The molecule has 8 heteroatoms. The van der Waals surface area contributed by atoms with Gasteiger partial charge in [0.2, 0.25) is 0 Å². The fourth-order valence-electron chi connectivity index (χ4n) is 2.48. The second-order valence-corrected chi connectivity index (χ2v) is 7.87. The summed E-state index contributed by atoms with van der Waals surface area (Å²) in [5.41, 5.74) is 0.837. The lowest BCUT2D eigenvalue weighted by Crippen LogP contribution is -2.21. The molecule has 1 unspecified atom stereocenters. The summed E-state index contributed by atoms with van der Waals surface area (Å²) in [4.78, 5) is 16.2. The molecule has 1 saturated heterocycles. The first-order valence-electron chi connectivity index (χ1n) is 7.41. The monoisotopic (exact) mass is 349 g/mol. The molecule has 1 aromatic carbocycles. The zero-order valence-electron chi connectivity index (χ0n) is 12.7. The van der Waals surface area contributed by atoms with Crippen LogP contribution >= 0.6 is 0 Å². The van der Waals surface area contributed by atoms with Gasteiger partial charge in [-0.25, -0.2) is 17.8 Å². The van der Waals surface area contributed by atoms with Crippen molar-refractivity contribution in [3.63, 3.8) is 0 Å². The van der Waals surface area contributed by atoms with Crippen LogP contribution in [-0.4, -0.2) is 36.9 Å². The molecule has 0 spiro atoms. The lowest BCUT2D eigenvalue weighted by atomic mass is 10.2. The molecule has 0 radical (unpaired) electrons. The quantitative estimate of drug-likeness (QED) is 0.882. The topological polar surface area (TPSA) is 88.2 Å². The molecule has 126 valence electrons. The Kier molecular flexibility index (Phi) is 4.48.